The molecule has 174 valence electrons. The first-order valence-electron chi connectivity index (χ1n) is 11.2. The number of pyridine rings is 2. The van der Waals surface area contributed by atoms with Gasteiger partial charge >= 0.3 is 0 Å². The minimum Gasteiger partial charge on any atom is -0.325 e. The number of amides is 1. The zero-order valence-corrected chi connectivity index (χ0v) is 19.3. The quantitative estimate of drug-likeness (QED) is 0.457. The number of aryl methyl sites for hydroxylation is 1. The lowest BCUT2D eigenvalue weighted by Gasteiger charge is -2.27. The number of rotatable bonds is 5. The highest BCUT2D eigenvalue weighted by Gasteiger charge is 2.20. The van der Waals surface area contributed by atoms with Crippen molar-refractivity contribution in [1.29, 1.82) is 0 Å². The molecule has 1 saturated heterocycles. The molecular weight excluding hydrogens is 435 g/mol. The Hall–Kier alpha value is -3.79. The standard InChI is InChI=1S/C24H25FN8O/c1-14(2)33-15(3)29-23-20(33)11-19(31-24(23)25)18-6-7-27-21(30-18)10-16-4-5-17(12-28-16)32-9-8-26-13-22(32)34/h4-7,11-12,14,26H,8-10,13H2,1-3H3. The normalized spacial score (nSPS) is 14.4. The van der Waals surface area contributed by atoms with E-state index < -0.39 is 5.95 Å². The van der Waals surface area contributed by atoms with Crippen molar-refractivity contribution >= 4 is 22.6 Å². The zero-order chi connectivity index (χ0) is 23.8. The van der Waals surface area contributed by atoms with E-state index in [0.29, 0.717) is 42.2 Å². The molecule has 34 heavy (non-hydrogen) atoms. The van der Waals surface area contributed by atoms with Gasteiger partial charge in [-0.3, -0.25) is 9.78 Å². The third-order valence-corrected chi connectivity index (χ3v) is 5.85. The Labute approximate surface area is 196 Å². The molecule has 1 amide bonds. The number of nitrogens with one attached hydrogen (secondary N) is 1. The van der Waals surface area contributed by atoms with Gasteiger partial charge in [-0.25, -0.2) is 19.9 Å². The molecule has 5 heterocycles. The van der Waals surface area contributed by atoms with Gasteiger partial charge in [-0.05, 0) is 45.0 Å². The van der Waals surface area contributed by atoms with Gasteiger partial charge in [-0.15, -0.1) is 0 Å². The van der Waals surface area contributed by atoms with Crippen molar-refractivity contribution in [3.63, 3.8) is 0 Å². The van der Waals surface area contributed by atoms with Crippen LogP contribution in [-0.2, 0) is 11.2 Å². The third kappa shape index (κ3) is 4.12. The fourth-order valence-electron chi connectivity index (χ4n) is 4.30. The van der Waals surface area contributed by atoms with Crippen LogP contribution in [0.4, 0.5) is 10.1 Å². The van der Waals surface area contributed by atoms with E-state index in [1.54, 1.807) is 23.4 Å². The molecule has 4 aromatic rings. The van der Waals surface area contributed by atoms with Crippen LogP contribution in [0.3, 0.4) is 0 Å². The Bertz CT molecular complexity index is 1370. The summed E-state index contributed by atoms with van der Waals surface area (Å²) in [5.41, 5.74) is 3.45. The topological polar surface area (TPSA) is 102 Å². The molecule has 4 aromatic heterocycles. The van der Waals surface area contributed by atoms with E-state index in [2.05, 4.69) is 30.2 Å². The number of carbonyl (C=O) groups is 1. The van der Waals surface area contributed by atoms with E-state index >= 15 is 0 Å². The predicted octanol–water partition coefficient (Wildman–Crippen LogP) is 2.84. The maximum Gasteiger partial charge on any atom is 0.241 e. The second-order valence-electron chi connectivity index (χ2n) is 8.55. The average Bonchev–Trinajstić information content (AvgIpc) is 3.17. The Morgan fingerprint density at radius 3 is 2.71 bits per heavy atom. The number of anilines is 1. The Balaban J connectivity index is 1.41. The summed E-state index contributed by atoms with van der Waals surface area (Å²) in [4.78, 5) is 35.7. The van der Waals surface area contributed by atoms with Gasteiger partial charge in [0.05, 0.1) is 41.8 Å². The first kappa shape index (κ1) is 22.0. The van der Waals surface area contributed by atoms with E-state index in [1.807, 2.05) is 43.5 Å². The summed E-state index contributed by atoms with van der Waals surface area (Å²) in [6, 6.07) is 7.42. The van der Waals surface area contributed by atoms with E-state index in [4.69, 9.17) is 0 Å². The second kappa shape index (κ2) is 8.86. The van der Waals surface area contributed by atoms with Crippen LogP contribution in [0.2, 0.25) is 0 Å². The summed E-state index contributed by atoms with van der Waals surface area (Å²) in [6.45, 7) is 7.63. The minimum absolute atomic E-state index is 0.0301. The Kier molecular flexibility index (Phi) is 5.74. The molecule has 0 atom stereocenters. The SMILES string of the molecule is Cc1nc2c(F)nc(-c3ccnc(Cc4ccc(N5CCNCC5=O)cn4)n3)cc2n1C(C)C. The van der Waals surface area contributed by atoms with Gasteiger partial charge < -0.3 is 14.8 Å². The Morgan fingerprint density at radius 1 is 1.12 bits per heavy atom. The lowest BCUT2D eigenvalue weighted by molar-refractivity contribution is -0.118. The van der Waals surface area contributed by atoms with Gasteiger partial charge in [0.15, 0.2) is 0 Å². The molecule has 1 N–H and O–H groups in total. The molecule has 0 aromatic carbocycles. The maximum atomic E-state index is 14.8. The highest BCUT2D eigenvalue weighted by molar-refractivity contribution is 5.95. The molecule has 5 rings (SSSR count). The van der Waals surface area contributed by atoms with Crippen LogP contribution in [0.5, 0.6) is 0 Å². The van der Waals surface area contributed by atoms with Gasteiger partial charge in [-0.2, -0.15) is 4.39 Å². The van der Waals surface area contributed by atoms with Crippen LogP contribution < -0.4 is 10.2 Å². The van der Waals surface area contributed by atoms with Crippen LogP contribution in [0.1, 0.15) is 37.2 Å². The van der Waals surface area contributed by atoms with Crippen LogP contribution in [0.15, 0.2) is 36.7 Å². The molecule has 1 aliphatic rings. The van der Waals surface area contributed by atoms with Gasteiger partial charge in [-0.1, -0.05) is 0 Å². The third-order valence-electron chi connectivity index (χ3n) is 5.85. The van der Waals surface area contributed by atoms with E-state index in [1.165, 1.54) is 0 Å². The lowest BCUT2D eigenvalue weighted by atomic mass is 10.2. The molecular formula is C24H25FN8O. The fraction of sp³-hybridized carbons (Fsp3) is 0.333. The molecule has 0 spiro atoms. The smallest absolute Gasteiger partial charge is 0.241 e. The zero-order valence-electron chi connectivity index (χ0n) is 19.3. The summed E-state index contributed by atoms with van der Waals surface area (Å²) < 4.78 is 16.8. The highest BCUT2D eigenvalue weighted by Crippen LogP contribution is 2.26. The summed E-state index contributed by atoms with van der Waals surface area (Å²) in [5.74, 6) is 0.701. The van der Waals surface area contributed by atoms with E-state index in [9.17, 15) is 9.18 Å². The van der Waals surface area contributed by atoms with E-state index in [-0.39, 0.29) is 17.5 Å². The van der Waals surface area contributed by atoms with Crippen molar-refractivity contribution in [3.05, 3.63) is 59.9 Å². The molecule has 1 aliphatic heterocycles. The summed E-state index contributed by atoms with van der Waals surface area (Å²) in [6.07, 6.45) is 3.74. The van der Waals surface area contributed by atoms with Gasteiger partial charge in [0.2, 0.25) is 11.9 Å². The summed E-state index contributed by atoms with van der Waals surface area (Å²) in [5, 5.41) is 3.06. The van der Waals surface area contributed by atoms with Crippen LogP contribution in [0, 0.1) is 12.9 Å². The maximum absolute atomic E-state index is 14.8. The second-order valence-corrected chi connectivity index (χ2v) is 8.55. The molecule has 1 fully saturated rings. The van der Waals surface area contributed by atoms with Crippen molar-refractivity contribution in [2.45, 2.75) is 33.2 Å². The number of halogens is 1. The summed E-state index contributed by atoms with van der Waals surface area (Å²) in [7, 11) is 0. The summed E-state index contributed by atoms with van der Waals surface area (Å²) >= 11 is 0. The Morgan fingerprint density at radius 2 is 1.97 bits per heavy atom. The van der Waals surface area contributed by atoms with Crippen molar-refractivity contribution in [2.24, 2.45) is 0 Å². The number of fused-ring (bicyclic) bond motifs is 1. The van der Waals surface area contributed by atoms with Gasteiger partial charge in [0.1, 0.15) is 17.2 Å². The van der Waals surface area contributed by atoms with Crippen LogP contribution >= 0.6 is 0 Å². The van der Waals surface area contributed by atoms with E-state index in [0.717, 1.165) is 23.8 Å². The number of hydrogen-bond donors (Lipinski definition) is 1. The number of imidazole rings is 1. The largest absolute Gasteiger partial charge is 0.325 e. The van der Waals surface area contributed by atoms with Gasteiger partial charge in [0, 0.05) is 31.0 Å². The lowest BCUT2D eigenvalue weighted by Crippen LogP contribution is -2.48. The fourth-order valence-corrected chi connectivity index (χ4v) is 4.30. The molecule has 0 saturated carbocycles. The van der Waals surface area contributed by atoms with Crippen molar-refractivity contribution in [3.8, 4) is 11.4 Å². The number of aromatic nitrogens is 6. The molecule has 0 aliphatic carbocycles. The van der Waals surface area contributed by atoms with Crippen molar-refractivity contribution < 1.29 is 9.18 Å². The molecule has 0 unspecified atom stereocenters. The number of nitrogens with zero attached hydrogens (tertiary/aromatic N) is 7. The molecule has 10 heteroatoms. The first-order valence-corrected chi connectivity index (χ1v) is 11.2. The highest BCUT2D eigenvalue weighted by atomic mass is 19.1. The van der Waals surface area contributed by atoms with Crippen LogP contribution in [-0.4, -0.2) is 55.0 Å². The number of carbonyl (C=O) groups excluding carboxylic acids is 1. The molecule has 0 bridgehead atoms. The van der Waals surface area contributed by atoms with Crippen LogP contribution in [0.25, 0.3) is 22.4 Å². The van der Waals surface area contributed by atoms with Crippen molar-refractivity contribution in [1.82, 2.24) is 34.8 Å². The number of hydrogen-bond acceptors (Lipinski definition) is 7. The average molecular weight is 461 g/mol. The monoisotopic (exact) mass is 460 g/mol. The minimum atomic E-state index is -0.616. The molecule has 0 radical (unpaired) electrons. The molecule has 9 nitrogen and oxygen atoms in total. The van der Waals surface area contributed by atoms with Gasteiger partial charge in [0.25, 0.3) is 0 Å². The number of piperazine rings is 1. The predicted molar refractivity (Wildman–Crippen MR) is 126 cm³/mol. The first-order chi connectivity index (χ1) is 16.4. The van der Waals surface area contributed by atoms with Crippen molar-refractivity contribution in [2.75, 3.05) is 24.5 Å².